The van der Waals surface area contributed by atoms with Gasteiger partial charge in [-0.15, -0.1) is 0 Å². The normalized spacial score (nSPS) is 16.0. The van der Waals surface area contributed by atoms with Crippen LogP contribution in [0.4, 0.5) is 21.0 Å². The second-order valence-electron chi connectivity index (χ2n) is 10.4. The van der Waals surface area contributed by atoms with Crippen molar-refractivity contribution in [2.75, 3.05) is 16.8 Å². The predicted octanol–water partition coefficient (Wildman–Crippen LogP) is 7.24. The van der Waals surface area contributed by atoms with Gasteiger partial charge in [0.05, 0.1) is 11.8 Å². The third-order valence-corrected chi connectivity index (χ3v) is 7.71. The summed E-state index contributed by atoms with van der Waals surface area (Å²) in [7, 11) is 0. The highest BCUT2D eigenvalue weighted by atomic mass is 35.5. The molecule has 3 aromatic rings. The minimum atomic E-state index is -1.10. The highest BCUT2D eigenvalue weighted by molar-refractivity contribution is 6.31. The molecule has 0 aliphatic carbocycles. The number of hydrazone groups is 1. The summed E-state index contributed by atoms with van der Waals surface area (Å²) in [5.74, 6) is -0.265. The number of hydrogen-bond donors (Lipinski definition) is 3. The third kappa shape index (κ3) is 7.97. The van der Waals surface area contributed by atoms with Crippen LogP contribution in [0.2, 0.25) is 15.1 Å². The number of halogens is 3. The number of anilines is 2. The van der Waals surface area contributed by atoms with Gasteiger partial charge in [0, 0.05) is 39.4 Å². The Hall–Kier alpha value is -3.83. The van der Waals surface area contributed by atoms with Crippen molar-refractivity contribution >= 4 is 70.4 Å². The van der Waals surface area contributed by atoms with Crippen LogP contribution in [-0.2, 0) is 4.79 Å². The Kier molecular flexibility index (Phi) is 10.5. The molecule has 0 bridgehead atoms. The molecule has 1 aliphatic heterocycles. The van der Waals surface area contributed by atoms with E-state index in [1.807, 2.05) is 0 Å². The molecule has 0 radical (unpaired) electrons. The van der Waals surface area contributed by atoms with Crippen molar-refractivity contribution in [1.82, 2.24) is 15.4 Å². The molecule has 43 heavy (non-hydrogen) atoms. The third-order valence-electron chi connectivity index (χ3n) is 6.96. The molecule has 0 unspecified atom stereocenters. The second-order valence-corrected chi connectivity index (χ2v) is 11.7. The first kappa shape index (κ1) is 32.1. The molecule has 1 saturated heterocycles. The summed E-state index contributed by atoms with van der Waals surface area (Å²) >= 11 is 17.9. The van der Waals surface area contributed by atoms with Crippen molar-refractivity contribution in [2.45, 2.75) is 44.8 Å². The fraction of sp³-hybridized carbons (Fsp3) is 0.267. The fourth-order valence-corrected chi connectivity index (χ4v) is 5.12. The first-order valence-electron chi connectivity index (χ1n) is 13.5. The Balaban J connectivity index is 1.42. The topological polar surface area (TPSA) is 118 Å². The summed E-state index contributed by atoms with van der Waals surface area (Å²) in [5, 5.41) is 19.9. The molecular weight excluding hydrogens is 615 g/mol. The van der Waals surface area contributed by atoms with Crippen molar-refractivity contribution in [3.8, 4) is 0 Å². The van der Waals surface area contributed by atoms with Crippen LogP contribution in [-0.4, -0.2) is 57.6 Å². The number of carbonyl (C=O) groups excluding carboxylic acids is 3. The van der Waals surface area contributed by atoms with Crippen LogP contribution < -0.4 is 15.6 Å². The Morgan fingerprint density at radius 2 is 1.49 bits per heavy atom. The molecule has 3 N–H and O–H groups in total. The number of benzene rings is 3. The van der Waals surface area contributed by atoms with Gasteiger partial charge in [-0.1, -0.05) is 46.9 Å². The van der Waals surface area contributed by atoms with Crippen molar-refractivity contribution < 1.29 is 19.6 Å². The molecule has 13 heteroatoms. The molecule has 1 aliphatic rings. The molecule has 1 atom stereocenters. The highest BCUT2D eigenvalue weighted by Gasteiger charge is 2.55. The fourth-order valence-electron chi connectivity index (χ4n) is 4.75. The van der Waals surface area contributed by atoms with Crippen LogP contribution in [0.5, 0.6) is 0 Å². The maximum atomic E-state index is 13.8. The molecule has 10 nitrogen and oxygen atoms in total. The maximum Gasteiger partial charge on any atom is 0.347 e. The van der Waals surface area contributed by atoms with E-state index in [1.165, 1.54) is 11.1 Å². The van der Waals surface area contributed by atoms with Gasteiger partial charge in [0.2, 0.25) is 5.91 Å². The lowest BCUT2D eigenvalue weighted by Gasteiger charge is -2.38. The lowest BCUT2D eigenvalue weighted by atomic mass is 9.99. The number of hydrogen-bond acceptors (Lipinski definition) is 5. The van der Waals surface area contributed by atoms with E-state index < -0.39 is 23.8 Å². The summed E-state index contributed by atoms with van der Waals surface area (Å²) in [6, 6.07) is 18.7. The van der Waals surface area contributed by atoms with Crippen LogP contribution in [0.15, 0.2) is 77.9 Å². The van der Waals surface area contributed by atoms with Gasteiger partial charge >= 0.3 is 12.1 Å². The number of carbonyl (C=O) groups is 3. The standard InChI is InChI=1S/C30H31Cl3N6O4/c1-30(2)27(39(43)28(41)35-24-14-10-22(32)11-15-24)38(25-16-12-23(33)13-17-25)29(42)37(30)18-4-3-5-26(40)36-34-19-20-6-8-21(31)9-7-20/h6-17,19,27,43H,3-5,18H2,1-2H3,(H,35,41)(H,36,40)/b34-19+/t27-/m1/s1. The lowest BCUT2D eigenvalue weighted by Crippen LogP contribution is -2.58. The first-order valence-corrected chi connectivity index (χ1v) is 14.6. The Morgan fingerprint density at radius 3 is 2.09 bits per heavy atom. The Bertz CT molecular complexity index is 1470. The van der Waals surface area contributed by atoms with Crippen LogP contribution in [0, 0.1) is 0 Å². The number of nitrogens with zero attached hydrogens (tertiary/aromatic N) is 4. The summed E-state index contributed by atoms with van der Waals surface area (Å²) in [5.41, 5.74) is 3.12. The maximum absolute atomic E-state index is 13.8. The van der Waals surface area contributed by atoms with Gasteiger partial charge in [0.1, 0.15) is 0 Å². The van der Waals surface area contributed by atoms with E-state index in [0.29, 0.717) is 44.3 Å². The van der Waals surface area contributed by atoms with E-state index in [2.05, 4.69) is 15.8 Å². The minimum absolute atomic E-state index is 0.195. The zero-order chi connectivity index (χ0) is 31.1. The molecule has 5 amide bonds. The lowest BCUT2D eigenvalue weighted by molar-refractivity contribution is -0.121. The van der Waals surface area contributed by atoms with E-state index >= 15 is 0 Å². The molecule has 1 fully saturated rings. The minimum Gasteiger partial charge on any atom is -0.315 e. The van der Waals surface area contributed by atoms with E-state index in [4.69, 9.17) is 34.8 Å². The SMILES string of the molecule is CC1(C)[C@@H](N(O)C(=O)Nc2ccc(Cl)cc2)N(c2ccc(Cl)cc2)C(=O)N1CCCCC(=O)N/N=C/c1ccc(Cl)cc1. The van der Waals surface area contributed by atoms with Crippen LogP contribution in [0.1, 0.15) is 38.7 Å². The number of unbranched alkanes of at least 4 members (excludes halogenated alkanes) is 1. The summed E-state index contributed by atoms with van der Waals surface area (Å²) in [4.78, 5) is 42.2. The average molecular weight is 646 g/mol. The first-order chi connectivity index (χ1) is 20.5. The zero-order valence-electron chi connectivity index (χ0n) is 23.5. The molecule has 0 spiro atoms. The van der Waals surface area contributed by atoms with Crippen LogP contribution in [0.3, 0.4) is 0 Å². The van der Waals surface area contributed by atoms with Crippen LogP contribution >= 0.6 is 34.8 Å². The summed E-state index contributed by atoms with van der Waals surface area (Å²) in [6.45, 7) is 3.81. The van der Waals surface area contributed by atoms with Crippen molar-refractivity contribution in [1.29, 1.82) is 0 Å². The predicted molar refractivity (Wildman–Crippen MR) is 169 cm³/mol. The molecule has 226 valence electrons. The molecule has 4 rings (SSSR count). The summed E-state index contributed by atoms with van der Waals surface area (Å²) < 4.78 is 0. The number of rotatable bonds is 10. The number of amides is 5. The Labute approximate surface area is 264 Å². The van der Waals surface area contributed by atoms with Gasteiger partial charge in [-0.2, -0.15) is 10.2 Å². The zero-order valence-corrected chi connectivity index (χ0v) is 25.8. The molecular formula is C30H31Cl3N6O4. The van der Waals surface area contributed by atoms with Gasteiger partial charge in [-0.05, 0) is 92.9 Å². The summed E-state index contributed by atoms with van der Waals surface area (Å²) in [6.07, 6.45) is 1.59. The van der Waals surface area contributed by atoms with E-state index in [0.717, 1.165) is 5.56 Å². The second kappa shape index (κ2) is 14.1. The largest absolute Gasteiger partial charge is 0.347 e. The van der Waals surface area contributed by atoms with Crippen LogP contribution in [0.25, 0.3) is 0 Å². The van der Waals surface area contributed by atoms with E-state index in [1.54, 1.807) is 91.5 Å². The molecule has 1 heterocycles. The molecule has 3 aromatic carbocycles. The van der Waals surface area contributed by atoms with Crippen molar-refractivity contribution in [3.05, 3.63) is 93.4 Å². The van der Waals surface area contributed by atoms with Gasteiger partial charge in [-0.3, -0.25) is 14.9 Å². The van der Waals surface area contributed by atoms with E-state index in [9.17, 15) is 19.6 Å². The number of nitrogens with one attached hydrogen (secondary N) is 2. The van der Waals surface area contributed by atoms with Gasteiger partial charge in [0.25, 0.3) is 0 Å². The van der Waals surface area contributed by atoms with Crippen molar-refractivity contribution in [2.24, 2.45) is 5.10 Å². The van der Waals surface area contributed by atoms with Gasteiger partial charge < -0.3 is 10.2 Å². The van der Waals surface area contributed by atoms with E-state index in [-0.39, 0.29) is 18.9 Å². The molecule has 0 saturated carbocycles. The average Bonchev–Trinajstić information content (AvgIpc) is 3.17. The monoisotopic (exact) mass is 644 g/mol. The quantitative estimate of drug-likeness (QED) is 0.0933. The Morgan fingerprint density at radius 1 is 0.930 bits per heavy atom. The highest BCUT2D eigenvalue weighted by Crippen LogP contribution is 2.38. The van der Waals surface area contributed by atoms with Gasteiger partial charge in [-0.25, -0.2) is 15.0 Å². The van der Waals surface area contributed by atoms with Gasteiger partial charge in [0.15, 0.2) is 6.17 Å². The number of urea groups is 2. The number of hydroxylamine groups is 2. The van der Waals surface area contributed by atoms with Crippen molar-refractivity contribution in [3.63, 3.8) is 0 Å². The molecule has 0 aromatic heterocycles. The smallest absolute Gasteiger partial charge is 0.315 e.